The number of carbonyl (C=O) groups is 1. The van der Waals surface area contributed by atoms with Gasteiger partial charge in [-0.05, 0) is 48.7 Å². The number of hydrogen-bond acceptors (Lipinski definition) is 6. The second-order valence-corrected chi connectivity index (χ2v) is 7.46. The fourth-order valence-electron chi connectivity index (χ4n) is 2.84. The van der Waals surface area contributed by atoms with Gasteiger partial charge in [0.05, 0.1) is 7.11 Å². The molecule has 4 aromatic rings. The number of fused-ring (bicyclic) bond motifs is 1. The molecule has 7 nitrogen and oxygen atoms in total. The minimum Gasteiger partial charge on any atom is -0.497 e. The van der Waals surface area contributed by atoms with Crippen molar-refractivity contribution < 1.29 is 9.53 Å². The summed E-state index contributed by atoms with van der Waals surface area (Å²) < 4.78 is 7.07. The van der Waals surface area contributed by atoms with E-state index in [0.717, 1.165) is 34.8 Å². The molecule has 0 atom stereocenters. The number of anilines is 1. The SMILES string of the molecule is COc1cccc(CCc2nnc(NC(=O)c3cn4ccc(C)cc4n3)s2)c1. The van der Waals surface area contributed by atoms with E-state index in [1.807, 2.05) is 47.9 Å². The molecule has 0 aliphatic rings. The maximum atomic E-state index is 12.5. The van der Waals surface area contributed by atoms with Gasteiger partial charge in [0.1, 0.15) is 22.1 Å². The summed E-state index contributed by atoms with van der Waals surface area (Å²) in [4.78, 5) is 16.8. The number of rotatable bonds is 6. The molecule has 0 spiro atoms. The predicted octanol–water partition coefficient (Wildman–Crippen LogP) is 3.54. The molecule has 8 heteroatoms. The number of methoxy groups -OCH3 is 1. The minimum atomic E-state index is -0.295. The molecular formula is C20H19N5O2S. The molecule has 1 amide bonds. The van der Waals surface area contributed by atoms with Crippen molar-refractivity contribution in [3.8, 4) is 5.75 Å². The summed E-state index contributed by atoms with van der Waals surface area (Å²) in [6.07, 6.45) is 5.16. The van der Waals surface area contributed by atoms with Gasteiger partial charge in [0, 0.05) is 18.8 Å². The third-order valence-electron chi connectivity index (χ3n) is 4.30. The van der Waals surface area contributed by atoms with Crippen molar-refractivity contribution in [2.24, 2.45) is 0 Å². The van der Waals surface area contributed by atoms with Crippen LogP contribution in [0.1, 0.15) is 26.6 Å². The molecule has 28 heavy (non-hydrogen) atoms. The van der Waals surface area contributed by atoms with Crippen molar-refractivity contribution in [1.29, 1.82) is 0 Å². The number of imidazole rings is 1. The van der Waals surface area contributed by atoms with Gasteiger partial charge in [0.15, 0.2) is 0 Å². The summed E-state index contributed by atoms with van der Waals surface area (Å²) in [5.41, 5.74) is 3.34. The molecule has 0 radical (unpaired) electrons. The van der Waals surface area contributed by atoms with Crippen LogP contribution in [0.25, 0.3) is 5.65 Å². The molecule has 0 saturated heterocycles. The third kappa shape index (κ3) is 4.01. The first-order valence-electron chi connectivity index (χ1n) is 8.83. The molecule has 1 N–H and O–H groups in total. The lowest BCUT2D eigenvalue weighted by Gasteiger charge is -2.02. The summed E-state index contributed by atoms with van der Waals surface area (Å²) >= 11 is 1.37. The highest BCUT2D eigenvalue weighted by Gasteiger charge is 2.14. The molecule has 0 fully saturated rings. The molecule has 0 saturated carbocycles. The Morgan fingerprint density at radius 3 is 2.96 bits per heavy atom. The zero-order chi connectivity index (χ0) is 19.5. The lowest BCUT2D eigenvalue weighted by molar-refractivity contribution is 0.102. The average molecular weight is 393 g/mol. The lowest BCUT2D eigenvalue weighted by Crippen LogP contribution is -2.12. The summed E-state index contributed by atoms with van der Waals surface area (Å²) in [6, 6.07) is 11.8. The number of pyridine rings is 1. The maximum Gasteiger partial charge on any atom is 0.277 e. The normalized spacial score (nSPS) is 10.9. The van der Waals surface area contributed by atoms with Gasteiger partial charge in [-0.15, -0.1) is 10.2 Å². The molecule has 4 rings (SSSR count). The molecule has 3 heterocycles. The molecule has 142 valence electrons. The molecule has 0 aliphatic heterocycles. The fraction of sp³-hybridized carbons (Fsp3) is 0.200. The van der Waals surface area contributed by atoms with Gasteiger partial charge in [-0.2, -0.15) is 0 Å². The number of ether oxygens (including phenoxy) is 1. The quantitative estimate of drug-likeness (QED) is 0.542. The van der Waals surface area contributed by atoms with Crippen molar-refractivity contribution in [3.05, 3.63) is 70.6 Å². The smallest absolute Gasteiger partial charge is 0.277 e. The van der Waals surface area contributed by atoms with Crippen LogP contribution in [0.4, 0.5) is 5.13 Å². The van der Waals surface area contributed by atoms with Crippen LogP contribution in [0.2, 0.25) is 0 Å². The first-order valence-corrected chi connectivity index (χ1v) is 9.64. The van der Waals surface area contributed by atoms with E-state index in [4.69, 9.17) is 4.74 Å². The van der Waals surface area contributed by atoms with Crippen molar-refractivity contribution in [1.82, 2.24) is 19.6 Å². The largest absolute Gasteiger partial charge is 0.497 e. The summed E-state index contributed by atoms with van der Waals surface area (Å²) in [5.74, 6) is 0.544. The molecule has 1 aromatic carbocycles. The number of amides is 1. The van der Waals surface area contributed by atoms with Crippen molar-refractivity contribution in [3.63, 3.8) is 0 Å². The maximum absolute atomic E-state index is 12.5. The Bertz CT molecular complexity index is 1130. The number of nitrogens with zero attached hydrogens (tertiary/aromatic N) is 4. The highest BCUT2D eigenvalue weighted by atomic mass is 32.1. The van der Waals surface area contributed by atoms with Gasteiger partial charge >= 0.3 is 0 Å². The number of nitrogens with one attached hydrogen (secondary N) is 1. The van der Waals surface area contributed by atoms with E-state index in [0.29, 0.717) is 10.8 Å². The van der Waals surface area contributed by atoms with E-state index < -0.39 is 0 Å². The Hall–Kier alpha value is -3.26. The van der Waals surface area contributed by atoms with Gasteiger partial charge in [-0.3, -0.25) is 10.1 Å². The van der Waals surface area contributed by atoms with Gasteiger partial charge in [0.2, 0.25) is 5.13 Å². The van der Waals surface area contributed by atoms with Crippen LogP contribution in [-0.2, 0) is 12.8 Å². The van der Waals surface area contributed by atoms with Crippen LogP contribution in [0, 0.1) is 6.92 Å². The second kappa shape index (κ2) is 7.77. The van der Waals surface area contributed by atoms with Crippen LogP contribution >= 0.6 is 11.3 Å². The van der Waals surface area contributed by atoms with Crippen LogP contribution in [0.15, 0.2) is 48.8 Å². The van der Waals surface area contributed by atoms with Crippen molar-refractivity contribution in [2.45, 2.75) is 19.8 Å². The van der Waals surface area contributed by atoms with Crippen LogP contribution in [-0.4, -0.2) is 32.6 Å². The monoisotopic (exact) mass is 393 g/mol. The van der Waals surface area contributed by atoms with Gasteiger partial charge in [-0.25, -0.2) is 4.98 Å². The number of carbonyl (C=O) groups excluding carboxylic acids is 1. The Morgan fingerprint density at radius 2 is 2.11 bits per heavy atom. The van der Waals surface area contributed by atoms with Gasteiger partial charge < -0.3 is 9.14 Å². The first kappa shape index (κ1) is 18.1. The third-order valence-corrected chi connectivity index (χ3v) is 5.20. The molecular weight excluding hydrogens is 374 g/mol. The highest BCUT2D eigenvalue weighted by molar-refractivity contribution is 7.15. The van der Waals surface area contributed by atoms with Gasteiger partial charge in [0.25, 0.3) is 5.91 Å². The Kier molecular flexibility index (Phi) is 5.03. The lowest BCUT2D eigenvalue weighted by atomic mass is 10.1. The van der Waals surface area contributed by atoms with Gasteiger partial charge in [-0.1, -0.05) is 23.5 Å². The topological polar surface area (TPSA) is 81.4 Å². The van der Waals surface area contributed by atoms with E-state index in [-0.39, 0.29) is 5.91 Å². The van der Waals surface area contributed by atoms with E-state index in [2.05, 4.69) is 26.6 Å². The van der Waals surface area contributed by atoms with E-state index in [9.17, 15) is 4.79 Å². The summed E-state index contributed by atoms with van der Waals surface area (Å²) in [5, 5.41) is 12.4. The van der Waals surface area contributed by atoms with Crippen molar-refractivity contribution >= 4 is 28.0 Å². The average Bonchev–Trinajstić information content (AvgIpc) is 3.33. The van der Waals surface area contributed by atoms with Crippen LogP contribution < -0.4 is 10.1 Å². The number of aryl methyl sites for hydroxylation is 3. The zero-order valence-electron chi connectivity index (χ0n) is 15.5. The number of hydrogen-bond donors (Lipinski definition) is 1. The summed E-state index contributed by atoms with van der Waals surface area (Å²) in [7, 11) is 1.66. The highest BCUT2D eigenvalue weighted by Crippen LogP contribution is 2.20. The van der Waals surface area contributed by atoms with Crippen molar-refractivity contribution in [2.75, 3.05) is 12.4 Å². The zero-order valence-corrected chi connectivity index (χ0v) is 16.4. The van der Waals surface area contributed by atoms with E-state index in [1.54, 1.807) is 13.3 Å². The standard InChI is InChI=1S/C20H19N5O2S/c1-13-8-9-25-12-16(21-17(25)10-13)19(26)22-20-24-23-18(28-20)7-6-14-4-3-5-15(11-14)27-2/h3-5,8-12H,6-7H2,1-2H3,(H,22,24,26). The van der Waals surface area contributed by atoms with E-state index in [1.165, 1.54) is 16.9 Å². The number of benzene rings is 1. The first-order chi connectivity index (χ1) is 13.6. The molecule has 3 aromatic heterocycles. The predicted molar refractivity (Wildman–Crippen MR) is 108 cm³/mol. The fourth-order valence-corrected chi connectivity index (χ4v) is 3.57. The van der Waals surface area contributed by atoms with Crippen LogP contribution in [0.5, 0.6) is 5.75 Å². The Morgan fingerprint density at radius 1 is 1.21 bits per heavy atom. The molecule has 0 aliphatic carbocycles. The Balaban J connectivity index is 1.40. The second-order valence-electron chi connectivity index (χ2n) is 6.40. The number of aromatic nitrogens is 4. The minimum absolute atomic E-state index is 0.295. The molecule has 0 bridgehead atoms. The van der Waals surface area contributed by atoms with Crippen LogP contribution in [0.3, 0.4) is 0 Å². The Labute approximate surface area is 166 Å². The summed E-state index contributed by atoms with van der Waals surface area (Å²) in [6.45, 7) is 1.99. The van der Waals surface area contributed by atoms with E-state index >= 15 is 0 Å². The molecule has 0 unspecified atom stereocenters.